The predicted octanol–water partition coefficient (Wildman–Crippen LogP) is 4.91. The van der Waals surface area contributed by atoms with Crippen LogP contribution in [0, 0.1) is 11.8 Å². The van der Waals surface area contributed by atoms with Gasteiger partial charge in [-0.2, -0.15) is 4.31 Å². The smallest absolute Gasteiger partial charge is 0.410 e. The highest BCUT2D eigenvalue weighted by atomic mass is 32.2. The first-order chi connectivity index (χ1) is 15.6. The zero-order valence-corrected chi connectivity index (χ0v) is 21.4. The second-order valence-electron chi connectivity index (χ2n) is 10.4. The number of rotatable bonds is 7. The summed E-state index contributed by atoms with van der Waals surface area (Å²) in [6.07, 6.45) is 7.22. The lowest BCUT2D eigenvalue weighted by Gasteiger charge is -2.34. The van der Waals surface area contributed by atoms with Crippen LogP contribution < -0.4 is 4.74 Å². The van der Waals surface area contributed by atoms with E-state index in [-0.39, 0.29) is 6.09 Å². The zero-order valence-electron chi connectivity index (χ0n) is 20.6. The summed E-state index contributed by atoms with van der Waals surface area (Å²) in [6.45, 7) is 8.42. The van der Waals surface area contributed by atoms with E-state index in [1.165, 1.54) is 12.8 Å². The summed E-state index contributed by atoms with van der Waals surface area (Å²) in [5, 5.41) is 0. The first-order valence-electron chi connectivity index (χ1n) is 12.2. The van der Waals surface area contributed by atoms with Crippen molar-refractivity contribution >= 4 is 16.1 Å². The molecular weight excluding hydrogens is 440 g/mol. The molecule has 0 N–H and O–H groups in total. The maximum atomic E-state index is 13.0. The van der Waals surface area contributed by atoms with E-state index in [0.717, 1.165) is 45.2 Å². The summed E-state index contributed by atoms with van der Waals surface area (Å²) >= 11 is 0. The number of piperidine rings is 2. The maximum absolute atomic E-state index is 13.0. The molecule has 0 radical (unpaired) electrons. The van der Waals surface area contributed by atoms with Crippen LogP contribution in [0.3, 0.4) is 0 Å². The number of methoxy groups -OCH3 is 1. The number of nitrogens with zero attached hydrogens (tertiary/aromatic N) is 2. The van der Waals surface area contributed by atoms with Gasteiger partial charge in [-0.05, 0) is 70.4 Å². The number of benzene rings is 1. The van der Waals surface area contributed by atoms with Gasteiger partial charge in [0, 0.05) is 32.2 Å². The Labute approximate surface area is 199 Å². The average molecular weight is 481 g/mol. The molecule has 0 aromatic heterocycles. The van der Waals surface area contributed by atoms with Gasteiger partial charge in [0.15, 0.2) is 0 Å². The third kappa shape index (κ3) is 7.34. The van der Waals surface area contributed by atoms with Gasteiger partial charge in [-0.3, -0.25) is 0 Å². The van der Waals surface area contributed by atoms with E-state index in [1.807, 2.05) is 25.7 Å². The van der Waals surface area contributed by atoms with Crippen molar-refractivity contribution in [3.05, 3.63) is 24.3 Å². The summed E-state index contributed by atoms with van der Waals surface area (Å²) < 4.78 is 38.2. The highest BCUT2D eigenvalue weighted by Gasteiger charge is 2.30. The van der Waals surface area contributed by atoms with Crippen molar-refractivity contribution in [3.63, 3.8) is 0 Å². The Balaban J connectivity index is 1.36. The molecule has 2 saturated heterocycles. The van der Waals surface area contributed by atoms with Crippen LogP contribution in [0.1, 0.15) is 65.7 Å². The van der Waals surface area contributed by atoms with Gasteiger partial charge in [0.05, 0.1) is 12.0 Å². The van der Waals surface area contributed by atoms with Crippen LogP contribution in [-0.2, 0) is 14.8 Å². The molecule has 2 aliphatic heterocycles. The highest BCUT2D eigenvalue weighted by molar-refractivity contribution is 7.89. The van der Waals surface area contributed by atoms with E-state index < -0.39 is 15.6 Å². The lowest BCUT2D eigenvalue weighted by molar-refractivity contribution is 0.0180. The largest absolute Gasteiger partial charge is 0.497 e. The number of hydrogen-bond acceptors (Lipinski definition) is 5. The van der Waals surface area contributed by atoms with Crippen molar-refractivity contribution in [1.29, 1.82) is 0 Å². The van der Waals surface area contributed by atoms with Crippen molar-refractivity contribution < 1.29 is 22.7 Å². The molecule has 0 aliphatic carbocycles. The Morgan fingerprint density at radius 2 is 1.58 bits per heavy atom. The second kappa shape index (κ2) is 11.1. The quantitative estimate of drug-likeness (QED) is 0.554. The molecule has 0 bridgehead atoms. The van der Waals surface area contributed by atoms with Crippen LogP contribution in [-0.4, -0.2) is 62.6 Å². The molecule has 8 heteroatoms. The minimum Gasteiger partial charge on any atom is -0.497 e. The summed E-state index contributed by atoms with van der Waals surface area (Å²) in [5.41, 5.74) is -0.448. The molecule has 2 heterocycles. The van der Waals surface area contributed by atoms with Gasteiger partial charge < -0.3 is 14.4 Å². The summed E-state index contributed by atoms with van der Waals surface area (Å²) in [4.78, 5) is 14.3. The number of likely N-dealkylation sites (tertiary alicyclic amines) is 1. The molecule has 1 aromatic rings. The van der Waals surface area contributed by atoms with Crippen LogP contribution >= 0.6 is 0 Å². The lowest BCUT2D eigenvalue weighted by Crippen LogP contribution is -2.41. The number of carbonyl (C=O) groups excluding carboxylic acids is 1. The van der Waals surface area contributed by atoms with Gasteiger partial charge in [0.2, 0.25) is 10.0 Å². The molecule has 3 rings (SSSR count). The topological polar surface area (TPSA) is 76.2 Å². The SMILES string of the molecule is COc1cccc(S(=O)(=O)N2CCC(CCCC3CCN(C(=O)OC(C)(C)C)CC3)CC2)c1. The van der Waals surface area contributed by atoms with Gasteiger partial charge in [0.1, 0.15) is 11.4 Å². The van der Waals surface area contributed by atoms with Crippen LogP contribution in [0.15, 0.2) is 29.2 Å². The summed E-state index contributed by atoms with van der Waals surface area (Å²) in [5.74, 6) is 1.81. The minimum atomic E-state index is -3.47. The van der Waals surface area contributed by atoms with Crippen molar-refractivity contribution in [2.75, 3.05) is 33.3 Å². The van der Waals surface area contributed by atoms with E-state index in [4.69, 9.17) is 9.47 Å². The molecule has 1 aromatic carbocycles. The number of amides is 1. The van der Waals surface area contributed by atoms with Crippen LogP contribution in [0.25, 0.3) is 0 Å². The average Bonchev–Trinajstić information content (AvgIpc) is 2.79. The van der Waals surface area contributed by atoms with Gasteiger partial charge in [-0.25, -0.2) is 13.2 Å². The second-order valence-corrected chi connectivity index (χ2v) is 12.3. The molecule has 186 valence electrons. The van der Waals surface area contributed by atoms with E-state index >= 15 is 0 Å². The van der Waals surface area contributed by atoms with Gasteiger partial charge in [-0.15, -0.1) is 0 Å². The Bertz CT molecular complexity index is 880. The van der Waals surface area contributed by atoms with E-state index in [9.17, 15) is 13.2 Å². The van der Waals surface area contributed by atoms with Crippen molar-refractivity contribution in [2.45, 2.75) is 76.2 Å². The molecule has 0 unspecified atom stereocenters. The molecule has 0 atom stereocenters. The van der Waals surface area contributed by atoms with Crippen molar-refractivity contribution in [1.82, 2.24) is 9.21 Å². The van der Waals surface area contributed by atoms with E-state index in [1.54, 1.807) is 35.7 Å². The number of carbonyl (C=O) groups is 1. The zero-order chi connectivity index (χ0) is 24.1. The molecular formula is C25H40N2O5S. The number of hydrogen-bond donors (Lipinski definition) is 0. The fraction of sp³-hybridized carbons (Fsp3) is 0.720. The molecule has 33 heavy (non-hydrogen) atoms. The van der Waals surface area contributed by atoms with Crippen LogP contribution in [0.4, 0.5) is 4.79 Å². The number of sulfonamides is 1. The predicted molar refractivity (Wildman–Crippen MR) is 129 cm³/mol. The van der Waals surface area contributed by atoms with Gasteiger partial charge in [-0.1, -0.05) is 25.3 Å². The van der Waals surface area contributed by atoms with Gasteiger partial charge >= 0.3 is 6.09 Å². The minimum absolute atomic E-state index is 0.198. The van der Waals surface area contributed by atoms with Crippen molar-refractivity contribution in [3.8, 4) is 5.75 Å². The highest BCUT2D eigenvalue weighted by Crippen LogP contribution is 2.30. The van der Waals surface area contributed by atoms with Crippen LogP contribution in [0.5, 0.6) is 5.75 Å². The van der Waals surface area contributed by atoms with Gasteiger partial charge in [0.25, 0.3) is 0 Å². The molecule has 7 nitrogen and oxygen atoms in total. The fourth-order valence-corrected chi connectivity index (χ4v) is 6.28. The Hall–Kier alpha value is -1.80. The monoisotopic (exact) mass is 480 g/mol. The molecule has 0 saturated carbocycles. The number of ether oxygens (including phenoxy) is 2. The van der Waals surface area contributed by atoms with Crippen molar-refractivity contribution in [2.24, 2.45) is 11.8 Å². The molecule has 0 spiro atoms. The normalized spacial score (nSPS) is 19.5. The standard InChI is InChI=1S/C25H40N2O5S/c1-25(2,3)32-24(28)26-15-11-20(12-16-26)7-5-8-21-13-17-27(18-14-21)33(29,30)23-10-6-9-22(19-23)31-4/h6,9-10,19-21H,5,7-8,11-18H2,1-4H3. The molecule has 1 amide bonds. The molecule has 2 fully saturated rings. The summed E-state index contributed by atoms with van der Waals surface area (Å²) in [6, 6.07) is 6.71. The first-order valence-corrected chi connectivity index (χ1v) is 13.6. The third-order valence-electron chi connectivity index (χ3n) is 6.74. The Morgan fingerprint density at radius 3 is 2.12 bits per heavy atom. The Morgan fingerprint density at radius 1 is 1.00 bits per heavy atom. The van der Waals surface area contributed by atoms with E-state index in [2.05, 4.69) is 0 Å². The lowest BCUT2D eigenvalue weighted by atomic mass is 9.87. The van der Waals surface area contributed by atoms with Crippen LogP contribution in [0.2, 0.25) is 0 Å². The maximum Gasteiger partial charge on any atom is 0.410 e. The fourth-order valence-electron chi connectivity index (χ4n) is 4.77. The third-order valence-corrected chi connectivity index (χ3v) is 8.64. The summed E-state index contributed by atoms with van der Waals surface area (Å²) in [7, 11) is -1.93. The first kappa shape index (κ1) is 25.8. The molecule has 2 aliphatic rings. The van der Waals surface area contributed by atoms with E-state index in [0.29, 0.717) is 35.6 Å². The Kier molecular flexibility index (Phi) is 8.67.